The fourth-order valence-corrected chi connectivity index (χ4v) is 5.39. The maximum atomic E-state index is 14.2. The van der Waals surface area contributed by atoms with Gasteiger partial charge in [-0.2, -0.15) is 5.10 Å². The fourth-order valence-electron chi connectivity index (χ4n) is 4.66. The van der Waals surface area contributed by atoms with E-state index in [0.717, 1.165) is 44.4 Å². The minimum absolute atomic E-state index is 0.182. The van der Waals surface area contributed by atoms with Crippen LogP contribution in [0.2, 0.25) is 0 Å². The van der Waals surface area contributed by atoms with Crippen molar-refractivity contribution < 1.29 is 9.18 Å². The first kappa shape index (κ1) is 21.2. The first-order valence-electron chi connectivity index (χ1n) is 11.0. The molecule has 1 aliphatic heterocycles. The highest BCUT2D eigenvalue weighted by Gasteiger charge is 2.32. The Hall–Kier alpha value is -4.30. The maximum absolute atomic E-state index is 14.2. The SMILES string of the molecule is C=C(CN1Cc2c(-c3ccc4[nH]nc(-c5cccs5)c4c3)ccc(N)c2C1=O)c1ccncc1F. The second-order valence-electron chi connectivity index (χ2n) is 8.49. The normalized spacial score (nSPS) is 12.9. The lowest BCUT2D eigenvalue weighted by molar-refractivity contribution is 0.0800. The van der Waals surface area contributed by atoms with Crippen molar-refractivity contribution in [1.29, 1.82) is 0 Å². The molecule has 0 saturated heterocycles. The van der Waals surface area contributed by atoms with Gasteiger partial charge in [-0.25, -0.2) is 4.39 Å². The number of thiophene rings is 1. The Morgan fingerprint density at radius 1 is 1.23 bits per heavy atom. The first-order valence-corrected chi connectivity index (χ1v) is 11.9. The number of halogens is 1. The van der Waals surface area contributed by atoms with E-state index in [-0.39, 0.29) is 12.5 Å². The number of carbonyl (C=O) groups excluding carboxylic acids is 1. The Labute approximate surface area is 204 Å². The highest BCUT2D eigenvalue weighted by Crippen LogP contribution is 2.39. The molecule has 6 rings (SSSR count). The van der Waals surface area contributed by atoms with E-state index in [9.17, 15) is 9.18 Å². The summed E-state index contributed by atoms with van der Waals surface area (Å²) in [6.07, 6.45) is 2.66. The number of amides is 1. The molecule has 2 aromatic carbocycles. The number of benzene rings is 2. The van der Waals surface area contributed by atoms with Gasteiger partial charge in [-0.3, -0.25) is 14.9 Å². The molecule has 0 radical (unpaired) electrons. The molecule has 1 amide bonds. The van der Waals surface area contributed by atoms with Gasteiger partial charge >= 0.3 is 0 Å². The summed E-state index contributed by atoms with van der Waals surface area (Å²) in [5, 5.41) is 10.7. The molecule has 0 fully saturated rings. The van der Waals surface area contributed by atoms with E-state index >= 15 is 0 Å². The van der Waals surface area contributed by atoms with Crippen LogP contribution >= 0.6 is 11.3 Å². The number of aromatic amines is 1. The molecule has 4 heterocycles. The lowest BCUT2D eigenvalue weighted by Gasteiger charge is -2.18. The Morgan fingerprint density at radius 2 is 2.11 bits per heavy atom. The Balaban J connectivity index is 1.38. The van der Waals surface area contributed by atoms with Crippen molar-refractivity contribution in [3.63, 3.8) is 0 Å². The van der Waals surface area contributed by atoms with Crippen LogP contribution in [0, 0.1) is 5.82 Å². The molecule has 8 heteroatoms. The zero-order chi connectivity index (χ0) is 24.1. The monoisotopic (exact) mass is 481 g/mol. The number of hydrogen-bond donors (Lipinski definition) is 2. The molecule has 0 unspecified atom stereocenters. The number of fused-ring (bicyclic) bond motifs is 2. The molecule has 172 valence electrons. The van der Waals surface area contributed by atoms with E-state index in [0.29, 0.717) is 28.9 Å². The molecule has 3 aromatic heterocycles. The van der Waals surface area contributed by atoms with Crippen LogP contribution < -0.4 is 5.73 Å². The number of nitrogens with one attached hydrogen (secondary N) is 1. The zero-order valence-electron chi connectivity index (χ0n) is 18.6. The van der Waals surface area contributed by atoms with Gasteiger partial charge in [0, 0.05) is 35.9 Å². The molecule has 1 aliphatic rings. The zero-order valence-corrected chi connectivity index (χ0v) is 19.4. The Kier molecular flexibility index (Phi) is 4.96. The Bertz CT molecular complexity index is 1620. The first-order chi connectivity index (χ1) is 17.0. The summed E-state index contributed by atoms with van der Waals surface area (Å²) >= 11 is 1.64. The van der Waals surface area contributed by atoms with Crippen LogP contribution in [-0.2, 0) is 6.54 Å². The highest BCUT2D eigenvalue weighted by atomic mass is 32.1. The Morgan fingerprint density at radius 3 is 2.91 bits per heavy atom. The average molecular weight is 482 g/mol. The van der Waals surface area contributed by atoms with Gasteiger partial charge in [-0.05, 0) is 58.0 Å². The summed E-state index contributed by atoms with van der Waals surface area (Å²) in [4.78, 5) is 19.8. The second-order valence-corrected chi connectivity index (χ2v) is 9.43. The van der Waals surface area contributed by atoms with Gasteiger partial charge in [0.05, 0.1) is 22.2 Å². The van der Waals surface area contributed by atoms with Crippen molar-refractivity contribution in [2.75, 3.05) is 12.3 Å². The summed E-state index contributed by atoms with van der Waals surface area (Å²) in [6.45, 7) is 4.56. The summed E-state index contributed by atoms with van der Waals surface area (Å²) in [6, 6.07) is 15.4. The fraction of sp³-hybridized carbons (Fsp3) is 0.0741. The molecular weight excluding hydrogens is 461 g/mol. The molecule has 0 saturated carbocycles. The highest BCUT2D eigenvalue weighted by molar-refractivity contribution is 7.13. The molecule has 0 bridgehead atoms. The lowest BCUT2D eigenvalue weighted by atomic mass is 9.94. The molecule has 0 spiro atoms. The number of H-pyrrole nitrogens is 1. The van der Waals surface area contributed by atoms with Crippen LogP contribution in [0.1, 0.15) is 21.5 Å². The smallest absolute Gasteiger partial charge is 0.256 e. The lowest BCUT2D eigenvalue weighted by Crippen LogP contribution is -2.26. The van der Waals surface area contributed by atoms with Crippen LogP contribution in [0.5, 0.6) is 0 Å². The second kappa shape index (κ2) is 8.18. The third kappa shape index (κ3) is 3.50. The molecule has 0 aliphatic carbocycles. The van der Waals surface area contributed by atoms with Crippen molar-refractivity contribution in [3.05, 3.63) is 95.4 Å². The van der Waals surface area contributed by atoms with Gasteiger partial charge < -0.3 is 10.6 Å². The van der Waals surface area contributed by atoms with E-state index in [2.05, 4.69) is 27.8 Å². The molecule has 6 nitrogen and oxygen atoms in total. The predicted octanol–water partition coefficient (Wildman–Crippen LogP) is 5.74. The van der Waals surface area contributed by atoms with Gasteiger partial charge in [0.1, 0.15) is 11.5 Å². The average Bonchev–Trinajstić information content (AvgIpc) is 3.59. The summed E-state index contributed by atoms with van der Waals surface area (Å²) in [5.74, 6) is -0.643. The number of aromatic nitrogens is 3. The van der Waals surface area contributed by atoms with Crippen LogP contribution in [0.4, 0.5) is 10.1 Å². The molecule has 0 atom stereocenters. The van der Waals surface area contributed by atoms with E-state index in [1.165, 1.54) is 6.20 Å². The van der Waals surface area contributed by atoms with Crippen molar-refractivity contribution in [2.45, 2.75) is 6.54 Å². The van der Waals surface area contributed by atoms with Crippen molar-refractivity contribution in [1.82, 2.24) is 20.1 Å². The number of nitrogens with two attached hydrogens (primary N) is 1. The van der Waals surface area contributed by atoms with Crippen molar-refractivity contribution >= 4 is 39.4 Å². The standard InChI is InChI=1S/C27H20FN5OS/c1-15(17-8-9-30-12-21(17)28)13-33-14-20-18(5-6-22(29)25(20)27(33)34)16-4-7-23-19(11-16)26(32-31-23)24-3-2-10-35-24/h2-12H,1,13-14,29H2,(H,31,32). The van der Waals surface area contributed by atoms with Gasteiger partial charge in [-0.15, -0.1) is 11.3 Å². The third-order valence-corrected chi connectivity index (χ3v) is 7.24. The third-order valence-electron chi connectivity index (χ3n) is 6.36. The molecule has 35 heavy (non-hydrogen) atoms. The summed E-state index contributed by atoms with van der Waals surface area (Å²) in [7, 11) is 0. The van der Waals surface area contributed by atoms with Crippen LogP contribution in [0.25, 0.3) is 38.2 Å². The summed E-state index contributed by atoms with van der Waals surface area (Å²) < 4.78 is 14.2. The van der Waals surface area contributed by atoms with Gasteiger partial charge in [-0.1, -0.05) is 24.8 Å². The van der Waals surface area contributed by atoms with Crippen molar-refractivity contribution in [2.24, 2.45) is 0 Å². The van der Waals surface area contributed by atoms with Gasteiger partial charge in [0.15, 0.2) is 0 Å². The number of nitrogen functional groups attached to an aromatic ring is 1. The van der Waals surface area contributed by atoms with E-state index in [4.69, 9.17) is 5.73 Å². The predicted molar refractivity (Wildman–Crippen MR) is 137 cm³/mol. The molecular formula is C27H20FN5OS. The van der Waals surface area contributed by atoms with E-state index in [1.54, 1.807) is 28.4 Å². The van der Waals surface area contributed by atoms with E-state index in [1.807, 2.05) is 35.7 Å². The number of anilines is 1. The largest absolute Gasteiger partial charge is 0.398 e. The van der Waals surface area contributed by atoms with Crippen LogP contribution in [-0.4, -0.2) is 32.5 Å². The van der Waals surface area contributed by atoms with Crippen molar-refractivity contribution in [3.8, 4) is 21.7 Å². The molecule has 5 aromatic rings. The number of pyridine rings is 1. The number of hydrogen-bond acceptors (Lipinski definition) is 5. The van der Waals surface area contributed by atoms with Crippen LogP contribution in [0.15, 0.2) is 72.9 Å². The number of rotatable bonds is 5. The maximum Gasteiger partial charge on any atom is 0.256 e. The summed E-state index contributed by atoms with van der Waals surface area (Å²) in [5.41, 5.74) is 12.6. The van der Waals surface area contributed by atoms with Gasteiger partial charge in [0.25, 0.3) is 5.91 Å². The quantitative estimate of drug-likeness (QED) is 0.313. The number of carbonyl (C=O) groups is 1. The minimum atomic E-state index is -0.461. The van der Waals surface area contributed by atoms with Crippen LogP contribution in [0.3, 0.4) is 0 Å². The molecule has 3 N–H and O–H groups in total. The van der Waals surface area contributed by atoms with Gasteiger partial charge in [0.2, 0.25) is 0 Å². The minimum Gasteiger partial charge on any atom is -0.398 e. The number of nitrogens with zero attached hydrogens (tertiary/aromatic N) is 3. The topological polar surface area (TPSA) is 87.9 Å². The van der Waals surface area contributed by atoms with E-state index < -0.39 is 5.82 Å².